The largest absolute Gasteiger partial charge is 0.508 e. The van der Waals surface area contributed by atoms with Crippen LogP contribution < -0.4 is 0 Å². The van der Waals surface area contributed by atoms with Gasteiger partial charge in [-0.25, -0.2) is 0 Å². The Kier molecular flexibility index (Phi) is 8.66. The SMILES string of the molecule is C=CCOCC=C.Oc1ccc(/N=N/c2ccccc2)cc1. The lowest BCUT2D eigenvalue weighted by atomic mass is 10.3. The van der Waals surface area contributed by atoms with Gasteiger partial charge in [0.25, 0.3) is 0 Å². The molecule has 0 unspecified atom stereocenters. The maximum absolute atomic E-state index is 9.07. The molecular weight excluding hydrogens is 276 g/mol. The summed E-state index contributed by atoms with van der Waals surface area (Å²) in [5.74, 6) is 0.230. The molecule has 4 nitrogen and oxygen atoms in total. The van der Waals surface area contributed by atoms with E-state index in [2.05, 4.69) is 23.4 Å². The first-order valence-electron chi connectivity index (χ1n) is 6.81. The third-order valence-electron chi connectivity index (χ3n) is 2.36. The molecule has 2 rings (SSSR count). The maximum Gasteiger partial charge on any atom is 0.115 e. The van der Waals surface area contributed by atoms with Crippen molar-refractivity contribution in [2.45, 2.75) is 0 Å². The lowest BCUT2D eigenvalue weighted by molar-refractivity contribution is 0.194. The van der Waals surface area contributed by atoms with Gasteiger partial charge in [0.15, 0.2) is 0 Å². The second-order valence-electron chi connectivity index (χ2n) is 4.17. The van der Waals surface area contributed by atoms with E-state index in [-0.39, 0.29) is 5.75 Å². The molecule has 0 aliphatic rings. The van der Waals surface area contributed by atoms with E-state index in [1.54, 1.807) is 36.4 Å². The van der Waals surface area contributed by atoms with Crippen molar-refractivity contribution in [3.8, 4) is 5.75 Å². The van der Waals surface area contributed by atoms with Crippen molar-refractivity contribution in [3.05, 3.63) is 79.9 Å². The Balaban J connectivity index is 0.000000295. The molecule has 0 amide bonds. The van der Waals surface area contributed by atoms with Gasteiger partial charge in [-0.05, 0) is 36.4 Å². The minimum absolute atomic E-state index is 0.230. The van der Waals surface area contributed by atoms with Crippen LogP contribution in [0.25, 0.3) is 0 Å². The van der Waals surface area contributed by atoms with Gasteiger partial charge in [0, 0.05) is 0 Å². The highest BCUT2D eigenvalue weighted by molar-refractivity contribution is 5.42. The van der Waals surface area contributed by atoms with Gasteiger partial charge in [-0.1, -0.05) is 30.4 Å². The number of phenols is 1. The molecule has 0 heterocycles. The summed E-state index contributed by atoms with van der Waals surface area (Å²) >= 11 is 0. The highest BCUT2D eigenvalue weighted by atomic mass is 16.5. The second-order valence-corrected chi connectivity index (χ2v) is 4.17. The first-order valence-corrected chi connectivity index (χ1v) is 6.81. The predicted octanol–water partition coefficient (Wildman–Crippen LogP) is 5.18. The standard InChI is InChI=1S/C12H10N2O.C6H10O/c15-12-8-6-11(7-9-12)14-13-10-4-2-1-3-5-10;1-3-5-7-6-4-2/h1-9,15H;3-4H,1-2,5-6H2/b14-13+;. The van der Waals surface area contributed by atoms with Gasteiger partial charge in [0.05, 0.1) is 24.6 Å². The van der Waals surface area contributed by atoms with Gasteiger partial charge < -0.3 is 9.84 Å². The summed E-state index contributed by atoms with van der Waals surface area (Å²) in [5, 5.41) is 17.2. The molecule has 0 fully saturated rings. The summed E-state index contributed by atoms with van der Waals surface area (Å²) in [5.41, 5.74) is 1.53. The molecule has 0 aromatic heterocycles. The van der Waals surface area contributed by atoms with Gasteiger partial charge in [0.1, 0.15) is 5.75 Å². The van der Waals surface area contributed by atoms with Gasteiger partial charge in [-0.2, -0.15) is 10.2 Å². The minimum Gasteiger partial charge on any atom is -0.508 e. The molecule has 22 heavy (non-hydrogen) atoms. The Bertz CT molecular complexity index is 570. The van der Waals surface area contributed by atoms with Crippen LogP contribution in [0.3, 0.4) is 0 Å². The molecule has 4 heteroatoms. The lowest BCUT2D eigenvalue weighted by Crippen LogP contribution is -1.87. The topological polar surface area (TPSA) is 54.2 Å². The van der Waals surface area contributed by atoms with Crippen LogP contribution >= 0.6 is 0 Å². The molecular formula is C18H20N2O2. The second kappa shape index (κ2) is 11.0. The van der Waals surface area contributed by atoms with Crippen molar-refractivity contribution in [1.29, 1.82) is 0 Å². The summed E-state index contributed by atoms with van der Waals surface area (Å²) in [4.78, 5) is 0. The summed E-state index contributed by atoms with van der Waals surface area (Å²) in [6.07, 6.45) is 3.42. The molecule has 1 N–H and O–H groups in total. The van der Waals surface area contributed by atoms with Crippen molar-refractivity contribution in [2.24, 2.45) is 10.2 Å². The number of aromatic hydroxyl groups is 1. The number of rotatable bonds is 6. The van der Waals surface area contributed by atoms with E-state index in [1.807, 2.05) is 30.3 Å². The van der Waals surface area contributed by atoms with E-state index in [4.69, 9.17) is 9.84 Å². The highest BCUT2D eigenvalue weighted by Crippen LogP contribution is 2.19. The maximum atomic E-state index is 9.07. The van der Waals surface area contributed by atoms with Crippen molar-refractivity contribution >= 4 is 11.4 Å². The van der Waals surface area contributed by atoms with Gasteiger partial charge in [-0.15, -0.1) is 13.2 Å². The van der Waals surface area contributed by atoms with Gasteiger partial charge >= 0.3 is 0 Å². The molecule has 0 aliphatic heterocycles. The molecule has 0 bridgehead atoms. The summed E-state index contributed by atoms with van der Waals surface area (Å²) in [6, 6.07) is 16.1. The first kappa shape index (κ1) is 17.3. The molecule has 114 valence electrons. The zero-order valence-electron chi connectivity index (χ0n) is 12.4. The number of nitrogens with zero attached hydrogens (tertiary/aromatic N) is 2. The average Bonchev–Trinajstić information content (AvgIpc) is 2.56. The van der Waals surface area contributed by atoms with E-state index in [1.165, 1.54) is 0 Å². The molecule has 0 spiro atoms. The van der Waals surface area contributed by atoms with Crippen LogP contribution in [0.5, 0.6) is 5.75 Å². The monoisotopic (exact) mass is 296 g/mol. The third kappa shape index (κ3) is 7.77. The smallest absolute Gasteiger partial charge is 0.115 e. The number of phenolic OH excluding ortho intramolecular Hbond substituents is 1. The van der Waals surface area contributed by atoms with Crippen LogP contribution in [0.15, 0.2) is 90.1 Å². The number of azo groups is 1. The van der Waals surface area contributed by atoms with Crippen LogP contribution in [0, 0.1) is 0 Å². The number of benzene rings is 2. The normalized spacial score (nSPS) is 9.82. The van der Waals surface area contributed by atoms with Crippen LogP contribution in [0.4, 0.5) is 11.4 Å². The predicted molar refractivity (Wildman–Crippen MR) is 89.9 cm³/mol. The van der Waals surface area contributed by atoms with Crippen molar-refractivity contribution in [3.63, 3.8) is 0 Å². The number of ether oxygens (including phenoxy) is 1. The molecule has 0 saturated heterocycles. The van der Waals surface area contributed by atoms with E-state index in [0.29, 0.717) is 13.2 Å². The van der Waals surface area contributed by atoms with Crippen molar-refractivity contribution in [1.82, 2.24) is 0 Å². The van der Waals surface area contributed by atoms with Crippen molar-refractivity contribution in [2.75, 3.05) is 13.2 Å². The molecule has 0 atom stereocenters. The zero-order valence-corrected chi connectivity index (χ0v) is 12.4. The Hall–Kier alpha value is -2.72. The molecule has 2 aromatic rings. The first-order chi connectivity index (χ1) is 10.8. The van der Waals surface area contributed by atoms with Crippen LogP contribution in [0.1, 0.15) is 0 Å². The third-order valence-corrected chi connectivity index (χ3v) is 2.36. The molecule has 0 aliphatic carbocycles. The molecule has 0 radical (unpaired) electrons. The van der Waals surface area contributed by atoms with Crippen LogP contribution in [-0.2, 0) is 4.74 Å². The van der Waals surface area contributed by atoms with E-state index in [9.17, 15) is 0 Å². The lowest BCUT2D eigenvalue weighted by Gasteiger charge is -1.93. The fraction of sp³-hybridized carbons (Fsp3) is 0.111. The summed E-state index contributed by atoms with van der Waals surface area (Å²) in [6.45, 7) is 8.18. The Labute approximate surface area is 131 Å². The Morgan fingerprint density at radius 1 is 0.818 bits per heavy atom. The molecule has 0 saturated carbocycles. The fourth-order valence-electron chi connectivity index (χ4n) is 1.36. The van der Waals surface area contributed by atoms with Gasteiger partial charge in [0.2, 0.25) is 0 Å². The fourth-order valence-corrected chi connectivity index (χ4v) is 1.36. The zero-order chi connectivity index (χ0) is 16.0. The average molecular weight is 296 g/mol. The molecule has 2 aromatic carbocycles. The summed E-state index contributed by atoms with van der Waals surface area (Å²) in [7, 11) is 0. The number of hydrogen-bond donors (Lipinski definition) is 1. The number of hydrogen-bond acceptors (Lipinski definition) is 4. The van der Waals surface area contributed by atoms with E-state index >= 15 is 0 Å². The Morgan fingerprint density at radius 3 is 1.82 bits per heavy atom. The summed E-state index contributed by atoms with van der Waals surface area (Å²) < 4.78 is 4.90. The van der Waals surface area contributed by atoms with Crippen molar-refractivity contribution < 1.29 is 9.84 Å². The minimum atomic E-state index is 0.230. The Morgan fingerprint density at radius 2 is 1.32 bits per heavy atom. The highest BCUT2D eigenvalue weighted by Gasteiger charge is 1.90. The van der Waals surface area contributed by atoms with E-state index in [0.717, 1.165) is 11.4 Å². The van der Waals surface area contributed by atoms with Crippen LogP contribution in [-0.4, -0.2) is 18.3 Å². The van der Waals surface area contributed by atoms with Crippen LogP contribution in [0.2, 0.25) is 0 Å². The van der Waals surface area contributed by atoms with E-state index < -0.39 is 0 Å². The van der Waals surface area contributed by atoms with Gasteiger partial charge in [-0.3, -0.25) is 0 Å². The quantitative estimate of drug-likeness (QED) is 0.453.